The van der Waals surface area contributed by atoms with Gasteiger partial charge in [0.1, 0.15) is 11.5 Å². The Morgan fingerprint density at radius 1 is 0.833 bits per heavy atom. The van der Waals surface area contributed by atoms with E-state index in [0.717, 1.165) is 10.2 Å². The highest BCUT2D eigenvalue weighted by Gasteiger charge is 2.09. The van der Waals surface area contributed by atoms with Crippen LogP contribution in [0.5, 0.6) is 11.5 Å². The SMILES string of the molecule is CCOc1ccc(NC(=O)c2ccc(NC(=O)COc3ccccc3Br)cc2)cc1. The molecule has 0 unspecified atom stereocenters. The van der Waals surface area contributed by atoms with Crippen LogP contribution >= 0.6 is 15.9 Å². The van der Waals surface area contributed by atoms with Crippen LogP contribution in [0, 0.1) is 0 Å². The Bertz CT molecular complexity index is 1000. The standard InChI is InChI=1S/C23H21BrN2O4/c1-2-29-19-13-11-18(12-14-19)26-23(28)16-7-9-17(10-8-16)25-22(27)15-30-21-6-4-3-5-20(21)24/h3-14H,2,15H2,1H3,(H,25,27)(H,26,28). The van der Waals surface area contributed by atoms with Crippen LogP contribution in [0.2, 0.25) is 0 Å². The fraction of sp³-hybridized carbons (Fsp3) is 0.130. The van der Waals surface area contributed by atoms with Gasteiger partial charge < -0.3 is 20.1 Å². The lowest BCUT2D eigenvalue weighted by atomic mass is 10.2. The molecule has 7 heteroatoms. The normalized spacial score (nSPS) is 10.2. The van der Waals surface area contributed by atoms with Crippen molar-refractivity contribution in [2.45, 2.75) is 6.92 Å². The third kappa shape index (κ3) is 6.09. The number of ether oxygens (including phenoxy) is 2. The van der Waals surface area contributed by atoms with Gasteiger partial charge in [-0.25, -0.2) is 0 Å². The van der Waals surface area contributed by atoms with E-state index in [2.05, 4.69) is 26.6 Å². The zero-order valence-corrected chi connectivity index (χ0v) is 17.9. The van der Waals surface area contributed by atoms with Gasteiger partial charge in [0.2, 0.25) is 0 Å². The van der Waals surface area contributed by atoms with Gasteiger partial charge in [-0.3, -0.25) is 9.59 Å². The summed E-state index contributed by atoms with van der Waals surface area (Å²) in [6.45, 7) is 2.38. The van der Waals surface area contributed by atoms with Crippen LogP contribution in [0.3, 0.4) is 0 Å². The van der Waals surface area contributed by atoms with Crippen LogP contribution in [0.4, 0.5) is 11.4 Å². The van der Waals surface area contributed by atoms with E-state index in [0.29, 0.717) is 29.3 Å². The van der Waals surface area contributed by atoms with Crippen molar-refractivity contribution in [1.29, 1.82) is 0 Å². The Hall–Kier alpha value is -3.32. The average molecular weight is 469 g/mol. The lowest BCUT2D eigenvalue weighted by Crippen LogP contribution is -2.20. The van der Waals surface area contributed by atoms with Crippen molar-refractivity contribution in [3.05, 3.63) is 82.8 Å². The molecule has 6 nitrogen and oxygen atoms in total. The van der Waals surface area contributed by atoms with E-state index < -0.39 is 0 Å². The van der Waals surface area contributed by atoms with Crippen LogP contribution in [0.25, 0.3) is 0 Å². The van der Waals surface area contributed by atoms with Crippen LogP contribution in [0.1, 0.15) is 17.3 Å². The molecule has 2 amide bonds. The van der Waals surface area contributed by atoms with Crippen molar-refractivity contribution in [1.82, 2.24) is 0 Å². The number of hydrogen-bond donors (Lipinski definition) is 2. The molecule has 0 aromatic heterocycles. The van der Waals surface area contributed by atoms with Crippen molar-refractivity contribution in [2.75, 3.05) is 23.8 Å². The molecule has 0 bridgehead atoms. The van der Waals surface area contributed by atoms with Gasteiger partial charge in [0.25, 0.3) is 11.8 Å². The quantitative estimate of drug-likeness (QED) is 0.481. The highest BCUT2D eigenvalue weighted by atomic mass is 79.9. The van der Waals surface area contributed by atoms with Crippen LogP contribution in [0.15, 0.2) is 77.3 Å². The summed E-state index contributed by atoms with van der Waals surface area (Å²) in [6.07, 6.45) is 0. The summed E-state index contributed by atoms with van der Waals surface area (Å²) in [5.74, 6) is 0.805. The molecule has 0 heterocycles. The topological polar surface area (TPSA) is 76.7 Å². The van der Waals surface area contributed by atoms with Gasteiger partial charge in [0, 0.05) is 16.9 Å². The summed E-state index contributed by atoms with van der Waals surface area (Å²) < 4.78 is 11.7. The van der Waals surface area contributed by atoms with E-state index in [-0.39, 0.29) is 18.4 Å². The summed E-state index contributed by atoms with van der Waals surface area (Å²) in [5, 5.41) is 5.57. The van der Waals surface area contributed by atoms with Gasteiger partial charge in [-0.2, -0.15) is 0 Å². The Balaban J connectivity index is 1.51. The van der Waals surface area contributed by atoms with Gasteiger partial charge in [-0.05, 0) is 83.5 Å². The van der Waals surface area contributed by atoms with Crippen LogP contribution in [-0.4, -0.2) is 25.0 Å². The molecule has 3 aromatic carbocycles. The number of rotatable bonds is 8. The van der Waals surface area contributed by atoms with Gasteiger partial charge in [-0.1, -0.05) is 12.1 Å². The molecule has 30 heavy (non-hydrogen) atoms. The number of halogens is 1. The lowest BCUT2D eigenvalue weighted by Gasteiger charge is -2.10. The maximum atomic E-state index is 12.4. The minimum Gasteiger partial charge on any atom is -0.494 e. The molecule has 3 rings (SSSR count). The molecule has 0 aliphatic carbocycles. The summed E-state index contributed by atoms with van der Waals surface area (Å²) in [7, 11) is 0. The molecule has 0 aliphatic heterocycles. The van der Waals surface area contributed by atoms with E-state index in [1.54, 1.807) is 54.6 Å². The zero-order valence-electron chi connectivity index (χ0n) is 16.4. The molecule has 0 spiro atoms. The summed E-state index contributed by atoms with van der Waals surface area (Å²) in [5.41, 5.74) is 1.73. The Morgan fingerprint density at radius 3 is 2.13 bits per heavy atom. The third-order valence-electron chi connectivity index (χ3n) is 4.05. The van der Waals surface area contributed by atoms with Gasteiger partial charge in [0.15, 0.2) is 6.61 Å². The molecule has 0 atom stereocenters. The molecule has 0 fully saturated rings. The molecule has 0 saturated carbocycles. The number of carbonyl (C=O) groups is 2. The fourth-order valence-electron chi connectivity index (χ4n) is 2.61. The van der Waals surface area contributed by atoms with Gasteiger partial charge in [-0.15, -0.1) is 0 Å². The first kappa shape index (κ1) is 21.4. The molecule has 0 saturated heterocycles. The Morgan fingerprint density at radius 2 is 1.47 bits per heavy atom. The molecule has 0 radical (unpaired) electrons. The molecular weight excluding hydrogens is 448 g/mol. The monoisotopic (exact) mass is 468 g/mol. The Kier molecular flexibility index (Phi) is 7.45. The predicted molar refractivity (Wildman–Crippen MR) is 120 cm³/mol. The fourth-order valence-corrected chi connectivity index (χ4v) is 3.01. The van der Waals surface area contributed by atoms with Crippen LogP contribution < -0.4 is 20.1 Å². The maximum absolute atomic E-state index is 12.4. The first-order valence-electron chi connectivity index (χ1n) is 9.36. The largest absolute Gasteiger partial charge is 0.494 e. The molecule has 154 valence electrons. The number of amides is 2. The van der Waals surface area contributed by atoms with Crippen molar-refractivity contribution in [2.24, 2.45) is 0 Å². The van der Waals surface area contributed by atoms with Gasteiger partial charge in [0.05, 0.1) is 11.1 Å². The number of anilines is 2. The van der Waals surface area contributed by atoms with Crippen molar-refractivity contribution in [3.63, 3.8) is 0 Å². The second-order valence-electron chi connectivity index (χ2n) is 6.26. The van der Waals surface area contributed by atoms with Gasteiger partial charge >= 0.3 is 0 Å². The van der Waals surface area contributed by atoms with E-state index in [1.807, 2.05) is 25.1 Å². The second kappa shape index (κ2) is 10.5. The highest BCUT2D eigenvalue weighted by molar-refractivity contribution is 9.10. The zero-order chi connectivity index (χ0) is 21.3. The van der Waals surface area contributed by atoms with E-state index in [1.165, 1.54) is 0 Å². The number of hydrogen-bond acceptors (Lipinski definition) is 4. The van der Waals surface area contributed by atoms with E-state index >= 15 is 0 Å². The lowest BCUT2D eigenvalue weighted by molar-refractivity contribution is -0.118. The van der Waals surface area contributed by atoms with Crippen molar-refractivity contribution >= 4 is 39.1 Å². The minimum atomic E-state index is -0.294. The number of benzene rings is 3. The van der Waals surface area contributed by atoms with E-state index in [4.69, 9.17) is 9.47 Å². The average Bonchev–Trinajstić information content (AvgIpc) is 2.75. The predicted octanol–water partition coefficient (Wildman–Crippen LogP) is 5.12. The number of nitrogens with one attached hydrogen (secondary N) is 2. The maximum Gasteiger partial charge on any atom is 0.262 e. The molecular formula is C23H21BrN2O4. The number of para-hydroxylation sites is 1. The Labute approximate surface area is 183 Å². The molecule has 2 N–H and O–H groups in total. The van der Waals surface area contributed by atoms with Crippen LogP contribution in [-0.2, 0) is 4.79 Å². The van der Waals surface area contributed by atoms with Crippen molar-refractivity contribution < 1.29 is 19.1 Å². The first-order valence-corrected chi connectivity index (χ1v) is 10.2. The first-order chi connectivity index (χ1) is 14.5. The second-order valence-corrected chi connectivity index (χ2v) is 7.11. The highest BCUT2D eigenvalue weighted by Crippen LogP contribution is 2.23. The smallest absolute Gasteiger partial charge is 0.262 e. The summed E-state index contributed by atoms with van der Waals surface area (Å²) in [6, 6.07) is 21.1. The third-order valence-corrected chi connectivity index (χ3v) is 4.70. The summed E-state index contributed by atoms with van der Waals surface area (Å²) >= 11 is 3.37. The minimum absolute atomic E-state index is 0.122. The number of carbonyl (C=O) groups excluding carboxylic acids is 2. The van der Waals surface area contributed by atoms with E-state index in [9.17, 15) is 9.59 Å². The van der Waals surface area contributed by atoms with Crippen molar-refractivity contribution in [3.8, 4) is 11.5 Å². The molecule has 0 aliphatic rings. The molecule has 3 aromatic rings. The summed E-state index contributed by atoms with van der Waals surface area (Å²) in [4.78, 5) is 24.5.